The van der Waals surface area contributed by atoms with E-state index < -0.39 is 11.9 Å². The molecule has 7 nitrogen and oxygen atoms in total. The van der Waals surface area contributed by atoms with Gasteiger partial charge in [-0.3, -0.25) is 19.5 Å². The largest absolute Gasteiger partial charge is 0.497 e. The highest BCUT2D eigenvalue weighted by atomic mass is 32.1. The van der Waals surface area contributed by atoms with E-state index in [2.05, 4.69) is 15.3 Å². The zero-order valence-electron chi connectivity index (χ0n) is 17.9. The second-order valence-corrected chi connectivity index (χ2v) is 8.06. The molecule has 0 spiro atoms. The first-order chi connectivity index (χ1) is 16.2. The van der Waals surface area contributed by atoms with Crippen LogP contribution in [0.3, 0.4) is 0 Å². The van der Waals surface area contributed by atoms with E-state index in [9.17, 15) is 9.59 Å². The molecule has 2 amide bonds. The first-order valence-corrected chi connectivity index (χ1v) is 11.1. The van der Waals surface area contributed by atoms with Crippen LogP contribution in [-0.4, -0.2) is 28.9 Å². The summed E-state index contributed by atoms with van der Waals surface area (Å²) >= 11 is 1.41. The molecule has 2 aromatic heterocycles. The third-order valence-electron chi connectivity index (χ3n) is 4.98. The van der Waals surface area contributed by atoms with Crippen LogP contribution in [0.5, 0.6) is 5.75 Å². The second kappa shape index (κ2) is 10.5. The van der Waals surface area contributed by atoms with Crippen LogP contribution in [0.25, 0.3) is 0 Å². The molecule has 0 aliphatic carbocycles. The molecule has 0 radical (unpaired) electrons. The van der Waals surface area contributed by atoms with E-state index in [1.165, 1.54) is 34.8 Å². The van der Waals surface area contributed by atoms with E-state index in [0.717, 1.165) is 10.4 Å². The number of nitrogens with one attached hydrogen (secondary N) is 1. The van der Waals surface area contributed by atoms with Gasteiger partial charge in [0.15, 0.2) is 6.04 Å². The molecule has 0 aliphatic heterocycles. The molecule has 0 bridgehead atoms. The van der Waals surface area contributed by atoms with Crippen molar-refractivity contribution in [2.45, 2.75) is 12.6 Å². The predicted molar refractivity (Wildman–Crippen MR) is 127 cm³/mol. The number of rotatable bonds is 8. The molecule has 1 N–H and O–H groups in total. The predicted octanol–water partition coefficient (Wildman–Crippen LogP) is 4.25. The van der Waals surface area contributed by atoms with E-state index >= 15 is 0 Å². The zero-order chi connectivity index (χ0) is 23.0. The van der Waals surface area contributed by atoms with E-state index in [-0.39, 0.29) is 11.6 Å². The van der Waals surface area contributed by atoms with E-state index in [0.29, 0.717) is 18.0 Å². The summed E-state index contributed by atoms with van der Waals surface area (Å²) in [6, 6.07) is 19.4. The average Bonchev–Trinajstić information content (AvgIpc) is 3.41. The number of hydrogen-bond acceptors (Lipinski definition) is 6. The van der Waals surface area contributed by atoms with Crippen LogP contribution >= 0.6 is 11.3 Å². The summed E-state index contributed by atoms with van der Waals surface area (Å²) < 4.78 is 5.26. The molecule has 8 heteroatoms. The normalized spacial score (nSPS) is 11.4. The van der Waals surface area contributed by atoms with Gasteiger partial charge in [-0.25, -0.2) is 4.98 Å². The Morgan fingerprint density at radius 2 is 1.82 bits per heavy atom. The Balaban J connectivity index is 1.73. The Bertz CT molecular complexity index is 1180. The molecule has 1 unspecified atom stereocenters. The number of hydrogen-bond donors (Lipinski definition) is 1. The summed E-state index contributed by atoms with van der Waals surface area (Å²) in [5.41, 5.74) is 1.65. The molecule has 4 aromatic rings. The number of ether oxygens (including phenoxy) is 1. The Labute approximate surface area is 195 Å². The van der Waals surface area contributed by atoms with Crippen molar-refractivity contribution in [1.82, 2.24) is 15.3 Å². The van der Waals surface area contributed by atoms with Crippen molar-refractivity contribution >= 4 is 28.8 Å². The smallest absolute Gasteiger partial charge is 0.279 e. The maximum atomic E-state index is 13.6. The van der Waals surface area contributed by atoms with Gasteiger partial charge in [0.2, 0.25) is 5.91 Å². The Morgan fingerprint density at radius 3 is 2.45 bits per heavy atom. The molecule has 0 saturated carbocycles. The molecule has 2 heterocycles. The van der Waals surface area contributed by atoms with Crippen molar-refractivity contribution < 1.29 is 14.3 Å². The van der Waals surface area contributed by atoms with Gasteiger partial charge < -0.3 is 10.1 Å². The fourth-order valence-electron chi connectivity index (χ4n) is 3.36. The number of methoxy groups -OCH3 is 1. The molecular weight excluding hydrogens is 436 g/mol. The quantitative estimate of drug-likeness (QED) is 0.427. The molecule has 0 fully saturated rings. The second-order valence-electron chi connectivity index (χ2n) is 7.09. The van der Waals surface area contributed by atoms with Crippen molar-refractivity contribution in [2.75, 3.05) is 12.0 Å². The number of carbonyl (C=O) groups excluding carboxylic acids is 2. The van der Waals surface area contributed by atoms with Crippen LogP contribution < -0.4 is 15.0 Å². The number of benzene rings is 2. The minimum atomic E-state index is -0.892. The van der Waals surface area contributed by atoms with E-state index in [1.807, 2.05) is 47.8 Å². The summed E-state index contributed by atoms with van der Waals surface area (Å²) in [6.45, 7) is 0.345. The van der Waals surface area contributed by atoms with Crippen molar-refractivity contribution in [2.24, 2.45) is 0 Å². The summed E-state index contributed by atoms with van der Waals surface area (Å²) in [6.07, 6.45) is 4.35. The van der Waals surface area contributed by atoms with Crippen LogP contribution in [0.2, 0.25) is 0 Å². The van der Waals surface area contributed by atoms with E-state index in [1.54, 1.807) is 31.4 Å². The average molecular weight is 459 g/mol. The Morgan fingerprint density at radius 1 is 1.03 bits per heavy atom. The highest BCUT2D eigenvalue weighted by molar-refractivity contribution is 7.10. The standard InChI is InChI=1S/C25H22N4O3S/c1-32-20-11-9-19(10-12-20)29(25(31)21-17-26-13-14-27-21)23(22-8-5-15-33-22)24(30)28-16-18-6-3-2-4-7-18/h2-15,17,23H,16H2,1H3,(H,28,30). The lowest BCUT2D eigenvalue weighted by Crippen LogP contribution is -2.43. The lowest BCUT2D eigenvalue weighted by atomic mass is 10.1. The van der Waals surface area contributed by atoms with Crippen molar-refractivity contribution in [3.05, 3.63) is 107 Å². The Kier molecular flexibility index (Phi) is 7.06. The van der Waals surface area contributed by atoms with Gasteiger partial charge in [0.05, 0.1) is 13.3 Å². The summed E-state index contributed by atoms with van der Waals surface area (Å²) in [5, 5.41) is 4.86. The van der Waals surface area contributed by atoms with Crippen LogP contribution in [0.15, 0.2) is 90.7 Å². The molecule has 2 aromatic carbocycles. The zero-order valence-corrected chi connectivity index (χ0v) is 18.7. The molecular formula is C25H22N4O3S. The molecule has 4 rings (SSSR count). The van der Waals surface area contributed by atoms with Gasteiger partial charge in [0.25, 0.3) is 5.91 Å². The Hall–Kier alpha value is -4.04. The maximum Gasteiger partial charge on any atom is 0.279 e. The summed E-state index contributed by atoms with van der Waals surface area (Å²) in [5.74, 6) is -0.0808. The van der Waals surface area contributed by atoms with Crippen molar-refractivity contribution in [3.8, 4) is 5.75 Å². The highest BCUT2D eigenvalue weighted by Crippen LogP contribution is 2.32. The minimum absolute atomic E-state index is 0.144. The molecule has 0 aliphatic rings. The molecule has 1 atom stereocenters. The van der Waals surface area contributed by atoms with E-state index in [4.69, 9.17) is 4.74 Å². The molecule has 166 valence electrons. The maximum absolute atomic E-state index is 13.6. The van der Waals surface area contributed by atoms with Crippen LogP contribution in [0.4, 0.5) is 5.69 Å². The van der Waals surface area contributed by atoms with Crippen LogP contribution in [0.1, 0.15) is 27.0 Å². The van der Waals surface area contributed by atoms with Gasteiger partial charge in [-0.1, -0.05) is 36.4 Å². The van der Waals surface area contributed by atoms with Gasteiger partial charge in [-0.15, -0.1) is 11.3 Å². The van der Waals surface area contributed by atoms with Crippen molar-refractivity contribution in [1.29, 1.82) is 0 Å². The summed E-state index contributed by atoms with van der Waals surface area (Å²) in [7, 11) is 1.57. The monoisotopic (exact) mass is 458 g/mol. The first kappa shape index (κ1) is 22.2. The fourth-order valence-corrected chi connectivity index (χ4v) is 4.17. The molecule has 0 saturated heterocycles. The van der Waals surface area contributed by atoms with Gasteiger partial charge in [0, 0.05) is 29.5 Å². The minimum Gasteiger partial charge on any atom is -0.497 e. The number of carbonyl (C=O) groups is 2. The van der Waals surface area contributed by atoms with Crippen LogP contribution in [0, 0.1) is 0 Å². The number of aromatic nitrogens is 2. The van der Waals surface area contributed by atoms with Crippen LogP contribution in [-0.2, 0) is 11.3 Å². The van der Waals surface area contributed by atoms with Crippen molar-refractivity contribution in [3.63, 3.8) is 0 Å². The topological polar surface area (TPSA) is 84.4 Å². The van der Waals surface area contributed by atoms with Gasteiger partial charge in [-0.05, 0) is 41.3 Å². The van der Waals surface area contributed by atoms with Gasteiger partial charge in [-0.2, -0.15) is 0 Å². The lowest BCUT2D eigenvalue weighted by Gasteiger charge is -2.30. The van der Waals surface area contributed by atoms with Gasteiger partial charge >= 0.3 is 0 Å². The number of amides is 2. The number of thiophene rings is 1. The fraction of sp³-hybridized carbons (Fsp3) is 0.120. The summed E-state index contributed by atoms with van der Waals surface area (Å²) in [4.78, 5) is 37.5. The first-order valence-electron chi connectivity index (χ1n) is 10.3. The highest BCUT2D eigenvalue weighted by Gasteiger charge is 2.34. The third kappa shape index (κ3) is 5.24. The third-order valence-corrected chi connectivity index (χ3v) is 5.91. The van der Waals surface area contributed by atoms with Gasteiger partial charge in [0.1, 0.15) is 11.4 Å². The number of nitrogens with zero attached hydrogens (tertiary/aromatic N) is 3. The number of anilines is 1. The SMILES string of the molecule is COc1ccc(N(C(=O)c2cnccn2)C(C(=O)NCc2ccccc2)c2cccs2)cc1. The lowest BCUT2D eigenvalue weighted by molar-refractivity contribution is -0.122. The molecule has 33 heavy (non-hydrogen) atoms.